The van der Waals surface area contributed by atoms with Crippen molar-refractivity contribution in [1.29, 1.82) is 0 Å². The van der Waals surface area contributed by atoms with E-state index in [1.807, 2.05) is 0 Å². The lowest BCUT2D eigenvalue weighted by molar-refractivity contribution is -0.140. The average molecular weight is 502 g/mol. The summed E-state index contributed by atoms with van der Waals surface area (Å²) in [6, 6.07) is 10.7. The molecule has 186 valence electrons. The molecule has 1 saturated carbocycles. The molecule has 0 unspecified atom stereocenters. The number of benzene rings is 2. The number of nitrogens with one attached hydrogen (secondary N) is 1. The maximum Gasteiger partial charge on any atom is 0.269 e. The fourth-order valence-corrected chi connectivity index (χ4v) is 6.12. The topological polar surface area (TPSA) is 104 Å². The van der Waals surface area contributed by atoms with E-state index in [-0.39, 0.29) is 41.9 Å². The number of carbonyl (C=O) groups is 3. The number of sulfonamides is 1. The van der Waals surface area contributed by atoms with Crippen LogP contribution in [-0.4, -0.2) is 54.0 Å². The minimum Gasteiger partial charge on any atom is -0.352 e. The highest BCUT2D eigenvalue weighted by molar-refractivity contribution is 7.90. The minimum atomic E-state index is -4.04. The SMILES string of the molecule is C[C@@H](C(=O)NC1CCCC1)N(Cc1ccc(F)cc1)C(=O)CCN1C(=O)c2ccccc2S1(=O)=O. The van der Waals surface area contributed by atoms with Crippen molar-refractivity contribution in [3.63, 3.8) is 0 Å². The van der Waals surface area contributed by atoms with Crippen LogP contribution in [-0.2, 0) is 26.2 Å². The van der Waals surface area contributed by atoms with Crippen LogP contribution in [0.2, 0.25) is 0 Å². The van der Waals surface area contributed by atoms with Crippen molar-refractivity contribution in [1.82, 2.24) is 14.5 Å². The van der Waals surface area contributed by atoms with Crippen molar-refractivity contribution in [3.05, 3.63) is 65.5 Å². The van der Waals surface area contributed by atoms with Crippen LogP contribution in [0.25, 0.3) is 0 Å². The third-order valence-electron chi connectivity index (χ3n) is 6.58. The van der Waals surface area contributed by atoms with Gasteiger partial charge in [-0.15, -0.1) is 0 Å². The smallest absolute Gasteiger partial charge is 0.269 e. The Balaban J connectivity index is 1.50. The first kappa shape index (κ1) is 24.8. The molecule has 1 fully saturated rings. The predicted molar refractivity (Wildman–Crippen MR) is 126 cm³/mol. The number of carbonyl (C=O) groups excluding carboxylic acids is 3. The number of rotatable bonds is 8. The van der Waals surface area contributed by atoms with Gasteiger partial charge in [0.2, 0.25) is 11.8 Å². The Morgan fingerprint density at radius 2 is 1.77 bits per heavy atom. The Labute approximate surface area is 204 Å². The summed E-state index contributed by atoms with van der Waals surface area (Å²) in [5.74, 6) is -1.88. The molecule has 2 aliphatic rings. The number of hydrogen-bond donors (Lipinski definition) is 1. The summed E-state index contributed by atoms with van der Waals surface area (Å²) in [7, 11) is -4.04. The van der Waals surface area contributed by atoms with Gasteiger partial charge in [-0.25, -0.2) is 17.1 Å². The molecule has 1 aliphatic heterocycles. The number of nitrogens with zero attached hydrogens (tertiary/aromatic N) is 2. The molecule has 10 heteroatoms. The third kappa shape index (κ3) is 5.22. The summed E-state index contributed by atoms with van der Waals surface area (Å²) in [6.07, 6.45) is 3.57. The van der Waals surface area contributed by atoms with Gasteiger partial charge in [0.1, 0.15) is 16.8 Å². The molecule has 0 saturated heterocycles. The van der Waals surface area contributed by atoms with E-state index >= 15 is 0 Å². The number of hydrogen-bond acceptors (Lipinski definition) is 5. The number of amides is 3. The van der Waals surface area contributed by atoms with Gasteiger partial charge in [-0.2, -0.15) is 0 Å². The van der Waals surface area contributed by atoms with Gasteiger partial charge in [0.25, 0.3) is 15.9 Å². The van der Waals surface area contributed by atoms with Crippen LogP contribution in [0.15, 0.2) is 53.4 Å². The number of fused-ring (bicyclic) bond motifs is 1. The Hall–Kier alpha value is -3.27. The van der Waals surface area contributed by atoms with Crippen LogP contribution in [0.4, 0.5) is 4.39 Å². The van der Waals surface area contributed by atoms with Crippen molar-refractivity contribution < 1.29 is 27.2 Å². The zero-order chi connectivity index (χ0) is 25.2. The summed E-state index contributed by atoms with van der Waals surface area (Å²) in [5.41, 5.74) is 0.699. The molecule has 4 rings (SSSR count). The predicted octanol–water partition coefficient (Wildman–Crippen LogP) is 2.84. The van der Waals surface area contributed by atoms with Gasteiger partial charge < -0.3 is 10.2 Å². The van der Waals surface area contributed by atoms with E-state index in [1.54, 1.807) is 13.0 Å². The summed E-state index contributed by atoms with van der Waals surface area (Å²) in [5, 5.41) is 2.98. The van der Waals surface area contributed by atoms with Gasteiger partial charge in [0.15, 0.2) is 0 Å². The highest BCUT2D eigenvalue weighted by atomic mass is 32.2. The van der Waals surface area contributed by atoms with Crippen LogP contribution in [0.1, 0.15) is 54.9 Å². The summed E-state index contributed by atoms with van der Waals surface area (Å²) in [4.78, 5) is 40.2. The van der Waals surface area contributed by atoms with Crippen LogP contribution in [0, 0.1) is 5.82 Å². The van der Waals surface area contributed by atoms with Crippen molar-refractivity contribution in [2.24, 2.45) is 0 Å². The first-order valence-electron chi connectivity index (χ1n) is 11.7. The fourth-order valence-electron chi connectivity index (χ4n) is 4.55. The Morgan fingerprint density at radius 3 is 2.43 bits per heavy atom. The van der Waals surface area contributed by atoms with Gasteiger partial charge in [0.05, 0.1) is 5.56 Å². The molecule has 0 aromatic heterocycles. The van der Waals surface area contributed by atoms with Gasteiger partial charge in [-0.1, -0.05) is 37.1 Å². The van der Waals surface area contributed by atoms with Gasteiger partial charge in [-0.3, -0.25) is 14.4 Å². The van der Waals surface area contributed by atoms with Crippen molar-refractivity contribution in [2.75, 3.05) is 6.54 Å². The van der Waals surface area contributed by atoms with E-state index in [4.69, 9.17) is 0 Å². The lowest BCUT2D eigenvalue weighted by Crippen LogP contribution is -2.50. The highest BCUT2D eigenvalue weighted by Gasteiger charge is 2.41. The van der Waals surface area contributed by atoms with Crippen LogP contribution in [0.5, 0.6) is 0 Å². The molecule has 1 atom stereocenters. The van der Waals surface area contributed by atoms with E-state index in [9.17, 15) is 27.2 Å². The van der Waals surface area contributed by atoms with Gasteiger partial charge in [-0.05, 0) is 49.6 Å². The molecule has 1 heterocycles. The molecule has 1 N–H and O–H groups in total. The second kappa shape index (κ2) is 10.2. The van der Waals surface area contributed by atoms with Crippen LogP contribution < -0.4 is 5.32 Å². The lowest BCUT2D eigenvalue weighted by Gasteiger charge is -2.30. The molecule has 3 amide bonds. The molecular weight excluding hydrogens is 473 g/mol. The van der Waals surface area contributed by atoms with E-state index in [0.29, 0.717) is 9.87 Å². The second-order valence-corrected chi connectivity index (χ2v) is 10.8. The largest absolute Gasteiger partial charge is 0.352 e. The maximum atomic E-state index is 13.4. The highest BCUT2D eigenvalue weighted by Crippen LogP contribution is 2.30. The molecule has 0 spiro atoms. The zero-order valence-electron chi connectivity index (χ0n) is 19.4. The summed E-state index contributed by atoms with van der Waals surface area (Å²) < 4.78 is 39.7. The minimum absolute atomic E-state index is 0.0410. The fraction of sp³-hybridized carbons (Fsp3) is 0.400. The number of halogens is 1. The van der Waals surface area contributed by atoms with Crippen molar-refractivity contribution in [3.8, 4) is 0 Å². The van der Waals surface area contributed by atoms with E-state index < -0.39 is 33.7 Å². The van der Waals surface area contributed by atoms with Gasteiger partial charge in [0, 0.05) is 25.6 Å². The summed E-state index contributed by atoms with van der Waals surface area (Å²) in [6.45, 7) is 1.31. The third-order valence-corrected chi connectivity index (χ3v) is 8.42. The molecule has 2 aromatic rings. The monoisotopic (exact) mass is 501 g/mol. The first-order valence-corrected chi connectivity index (χ1v) is 13.1. The normalized spacial score (nSPS) is 17.8. The zero-order valence-corrected chi connectivity index (χ0v) is 20.3. The van der Waals surface area contributed by atoms with Crippen LogP contribution >= 0.6 is 0 Å². The van der Waals surface area contributed by atoms with Crippen molar-refractivity contribution >= 4 is 27.7 Å². The molecule has 1 aliphatic carbocycles. The molecular formula is C25H28FN3O5S. The first-order chi connectivity index (χ1) is 16.7. The van der Waals surface area contributed by atoms with Crippen LogP contribution in [0.3, 0.4) is 0 Å². The molecule has 0 bridgehead atoms. The van der Waals surface area contributed by atoms with E-state index in [0.717, 1.165) is 25.7 Å². The maximum absolute atomic E-state index is 13.4. The van der Waals surface area contributed by atoms with E-state index in [2.05, 4.69) is 5.32 Å². The Morgan fingerprint density at radius 1 is 1.11 bits per heavy atom. The Bertz CT molecular complexity index is 1230. The molecule has 35 heavy (non-hydrogen) atoms. The lowest BCUT2D eigenvalue weighted by atomic mass is 10.1. The molecule has 2 aromatic carbocycles. The molecule has 0 radical (unpaired) electrons. The van der Waals surface area contributed by atoms with E-state index in [1.165, 1.54) is 47.4 Å². The quantitative estimate of drug-likeness (QED) is 0.599. The standard InChI is InChI=1S/C25H28FN3O5S/c1-17(24(31)27-20-6-2-3-7-20)28(16-18-10-12-19(26)13-11-18)23(30)14-15-29-25(32)21-8-4-5-9-22(21)35(29,33)34/h4-5,8-13,17,20H,2-3,6-7,14-16H2,1H3,(H,27,31)/t17-/m0/s1. The van der Waals surface area contributed by atoms with Crippen molar-refractivity contribution in [2.45, 2.75) is 62.6 Å². The second-order valence-electron chi connectivity index (χ2n) is 8.94. The molecule has 8 nitrogen and oxygen atoms in total. The summed E-state index contributed by atoms with van der Waals surface area (Å²) >= 11 is 0. The Kier molecular flexibility index (Phi) is 7.20. The van der Waals surface area contributed by atoms with Gasteiger partial charge >= 0.3 is 0 Å². The average Bonchev–Trinajstić information content (AvgIpc) is 3.42.